The van der Waals surface area contributed by atoms with Gasteiger partial charge in [-0.15, -0.1) is 21.5 Å². The monoisotopic (exact) mass is 405 g/mol. The van der Waals surface area contributed by atoms with Gasteiger partial charge in [0.05, 0.1) is 12.5 Å². The molecule has 0 radical (unpaired) electrons. The number of aromatic nitrogens is 3. The van der Waals surface area contributed by atoms with Crippen LogP contribution in [-0.2, 0) is 21.4 Å². The Bertz CT molecular complexity index is 1050. The average Bonchev–Trinajstić information content (AvgIpc) is 3.37. The number of rotatable bonds is 5. The smallest absolute Gasteiger partial charge is 0.252 e. The van der Waals surface area contributed by atoms with Gasteiger partial charge in [-0.25, -0.2) is 8.42 Å². The normalized spacial score (nSPS) is 18.6. The molecule has 27 heavy (non-hydrogen) atoms. The largest absolute Gasteiger partial charge is 0.349 e. The highest BCUT2D eigenvalue weighted by Gasteiger charge is 2.33. The first-order valence-corrected chi connectivity index (χ1v) is 11.0. The first-order valence-electron chi connectivity index (χ1n) is 8.66. The number of carbonyl (C=O) groups excluding carboxylic acids is 1. The van der Waals surface area contributed by atoms with E-state index in [1.807, 2.05) is 28.8 Å². The number of hydrogen-bond donors (Lipinski definition) is 1. The molecule has 1 N–H and O–H groups in total. The summed E-state index contributed by atoms with van der Waals surface area (Å²) in [7, 11) is -3.53. The highest BCUT2D eigenvalue weighted by molar-refractivity contribution is 7.91. The molecule has 4 rings (SSSR count). The van der Waals surface area contributed by atoms with Crippen molar-refractivity contribution in [3.05, 3.63) is 47.7 Å². The van der Waals surface area contributed by atoms with Crippen LogP contribution < -0.4 is 5.32 Å². The molecular weight excluding hydrogens is 386 g/mol. The van der Waals surface area contributed by atoms with Crippen LogP contribution in [0.25, 0.3) is 5.65 Å². The third kappa shape index (κ3) is 3.60. The molecule has 0 bridgehead atoms. The summed E-state index contributed by atoms with van der Waals surface area (Å²) in [5.74, 6) is 0.110. The van der Waals surface area contributed by atoms with Crippen LogP contribution in [0.3, 0.4) is 0 Å². The highest BCUT2D eigenvalue weighted by Crippen LogP contribution is 2.26. The minimum Gasteiger partial charge on any atom is -0.349 e. The summed E-state index contributed by atoms with van der Waals surface area (Å²) in [6.07, 6.45) is 3.17. The van der Waals surface area contributed by atoms with Crippen LogP contribution in [0.1, 0.15) is 18.7 Å². The quantitative estimate of drug-likeness (QED) is 0.694. The van der Waals surface area contributed by atoms with Crippen LogP contribution in [0.5, 0.6) is 0 Å². The molecule has 1 amide bonds. The third-order valence-corrected chi connectivity index (χ3v) is 7.89. The minimum atomic E-state index is -3.53. The van der Waals surface area contributed by atoms with Gasteiger partial charge in [0, 0.05) is 19.3 Å². The second kappa shape index (κ2) is 7.37. The SMILES string of the molecule is O=C(NCc1nnc2ccccn12)C1CCCN(S(=O)(=O)c2cccs2)C1. The minimum absolute atomic E-state index is 0.159. The molecular formula is C17H19N5O3S2. The standard InChI is InChI=1S/C17H19N5O3S2/c23-17(18-11-15-20-19-14-6-1-2-9-22(14)15)13-5-3-8-21(12-13)27(24,25)16-7-4-10-26-16/h1-2,4,6-7,9-10,13H,3,5,8,11-12H2,(H,18,23). The van der Waals surface area contributed by atoms with Crippen molar-refractivity contribution in [2.45, 2.75) is 23.6 Å². The molecule has 1 saturated heterocycles. The van der Waals surface area contributed by atoms with Gasteiger partial charge < -0.3 is 5.32 Å². The van der Waals surface area contributed by atoms with E-state index in [2.05, 4.69) is 15.5 Å². The second-order valence-corrected chi connectivity index (χ2v) is 9.51. The van der Waals surface area contributed by atoms with Crippen molar-refractivity contribution in [2.75, 3.05) is 13.1 Å². The number of carbonyl (C=O) groups is 1. The summed E-state index contributed by atoms with van der Waals surface area (Å²) in [5.41, 5.74) is 0.715. The molecule has 0 aliphatic carbocycles. The lowest BCUT2D eigenvalue weighted by molar-refractivity contribution is -0.126. The van der Waals surface area contributed by atoms with Crippen molar-refractivity contribution in [1.29, 1.82) is 0 Å². The molecule has 1 fully saturated rings. The lowest BCUT2D eigenvalue weighted by Gasteiger charge is -2.30. The highest BCUT2D eigenvalue weighted by atomic mass is 32.2. The molecule has 4 heterocycles. The summed E-state index contributed by atoms with van der Waals surface area (Å²) in [4.78, 5) is 12.6. The van der Waals surface area contributed by atoms with E-state index in [9.17, 15) is 13.2 Å². The average molecular weight is 406 g/mol. The Kier molecular flexibility index (Phi) is 4.94. The van der Waals surface area contributed by atoms with Crippen molar-refractivity contribution in [2.24, 2.45) is 5.92 Å². The molecule has 1 aliphatic heterocycles. The van der Waals surface area contributed by atoms with E-state index in [1.54, 1.807) is 17.5 Å². The number of piperidine rings is 1. The molecule has 142 valence electrons. The second-order valence-electron chi connectivity index (χ2n) is 6.40. The molecule has 1 unspecified atom stereocenters. The van der Waals surface area contributed by atoms with E-state index in [4.69, 9.17) is 0 Å². The van der Waals surface area contributed by atoms with Crippen molar-refractivity contribution in [1.82, 2.24) is 24.2 Å². The van der Waals surface area contributed by atoms with E-state index in [0.29, 0.717) is 35.1 Å². The van der Waals surface area contributed by atoms with Gasteiger partial charge >= 0.3 is 0 Å². The molecule has 3 aromatic rings. The van der Waals surface area contributed by atoms with Crippen LogP contribution in [0.15, 0.2) is 46.1 Å². The zero-order chi connectivity index (χ0) is 18.9. The van der Waals surface area contributed by atoms with E-state index in [0.717, 1.165) is 0 Å². The number of hydrogen-bond acceptors (Lipinski definition) is 6. The van der Waals surface area contributed by atoms with Crippen molar-refractivity contribution < 1.29 is 13.2 Å². The molecule has 0 saturated carbocycles. The van der Waals surface area contributed by atoms with Gasteiger partial charge in [-0.05, 0) is 36.4 Å². The van der Waals surface area contributed by atoms with E-state index in [-0.39, 0.29) is 24.9 Å². The number of amides is 1. The van der Waals surface area contributed by atoms with E-state index < -0.39 is 10.0 Å². The fraction of sp³-hybridized carbons (Fsp3) is 0.353. The molecule has 8 nitrogen and oxygen atoms in total. The predicted octanol–water partition coefficient (Wildman–Crippen LogP) is 1.51. The first kappa shape index (κ1) is 18.1. The number of nitrogens with one attached hydrogen (secondary N) is 1. The summed E-state index contributed by atoms with van der Waals surface area (Å²) >= 11 is 1.19. The molecule has 3 aromatic heterocycles. The fourth-order valence-electron chi connectivity index (χ4n) is 3.23. The van der Waals surface area contributed by atoms with Crippen molar-refractivity contribution in [3.63, 3.8) is 0 Å². The predicted molar refractivity (Wildman–Crippen MR) is 101 cm³/mol. The van der Waals surface area contributed by atoms with Crippen LogP contribution in [0.4, 0.5) is 0 Å². The maximum atomic E-state index is 12.7. The Morgan fingerprint density at radius 1 is 1.26 bits per heavy atom. The van der Waals surface area contributed by atoms with Gasteiger partial charge in [-0.1, -0.05) is 12.1 Å². The van der Waals surface area contributed by atoms with Crippen LogP contribution >= 0.6 is 11.3 Å². The van der Waals surface area contributed by atoms with Crippen LogP contribution in [0.2, 0.25) is 0 Å². The first-order chi connectivity index (χ1) is 13.1. The zero-order valence-electron chi connectivity index (χ0n) is 14.5. The maximum absolute atomic E-state index is 12.7. The molecule has 10 heteroatoms. The number of nitrogens with zero attached hydrogens (tertiary/aromatic N) is 4. The Balaban J connectivity index is 1.41. The van der Waals surface area contributed by atoms with Gasteiger partial charge in [0.1, 0.15) is 4.21 Å². The Labute approximate surface area is 160 Å². The fourth-order valence-corrected chi connectivity index (χ4v) is 5.90. The van der Waals surface area contributed by atoms with Gasteiger partial charge in [0.15, 0.2) is 11.5 Å². The molecule has 0 aromatic carbocycles. The van der Waals surface area contributed by atoms with Gasteiger partial charge in [-0.2, -0.15) is 4.31 Å². The lowest BCUT2D eigenvalue weighted by Crippen LogP contribution is -2.45. The molecule has 0 spiro atoms. The summed E-state index contributed by atoms with van der Waals surface area (Å²) < 4.78 is 28.9. The third-order valence-electron chi connectivity index (χ3n) is 4.65. The van der Waals surface area contributed by atoms with Gasteiger partial charge in [0.25, 0.3) is 10.0 Å². The van der Waals surface area contributed by atoms with Crippen LogP contribution in [-0.4, -0.2) is 46.3 Å². The molecule has 1 aliphatic rings. The maximum Gasteiger partial charge on any atom is 0.252 e. The number of sulfonamides is 1. The topological polar surface area (TPSA) is 96.7 Å². The van der Waals surface area contributed by atoms with Crippen molar-refractivity contribution >= 4 is 32.9 Å². The van der Waals surface area contributed by atoms with E-state index in [1.165, 1.54) is 15.6 Å². The van der Waals surface area contributed by atoms with Crippen LogP contribution in [0, 0.1) is 5.92 Å². The van der Waals surface area contributed by atoms with Gasteiger partial charge in [-0.3, -0.25) is 9.20 Å². The number of thiophene rings is 1. The van der Waals surface area contributed by atoms with Crippen molar-refractivity contribution in [3.8, 4) is 0 Å². The Hall–Kier alpha value is -2.30. The van der Waals surface area contributed by atoms with Gasteiger partial charge in [0.2, 0.25) is 5.91 Å². The Morgan fingerprint density at radius 3 is 2.96 bits per heavy atom. The zero-order valence-corrected chi connectivity index (χ0v) is 16.1. The Morgan fingerprint density at radius 2 is 2.15 bits per heavy atom. The summed E-state index contributed by atoms with van der Waals surface area (Å²) in [6, 6.07) is 8.90. The number of pyridine rings is 1. The number of fused-ring (bicyclic) bond motifs is 1. The van der Waals surface area contributed by atoms with E-state index >= 15 is 0 Å². The summed E-state index contributed by atoms with van der Waals surface area (Å²) in [5, 5.41) is 12.8. The molecule has 1 atom stereocenters. The lowest BCUT2D eigenvalue weighted by atomic mass is 9.99. The summed E-state index contributed by atoms with van der Waals surface area (Å²) in [6.45, 7) is 0.893.